The lowest BCUT2D eigenvalue weighted by atomic mass is 9.98. The van der Waals surface area contributed by atoms with Gasteiger partial charge in [-0.3, -0.25) is 0 Å². The Morgan fingerprint density at radius 3 is 2.46 bits per heavy atom. The number of nitrogens with one attached hydrogen (secondary N) is 1. The summed E-state index contributed by atoms with van der Waals surface area (Å²) in [7, 11) is 0. The quantitative estimate of drug-likeness (QED) is 0.270. The zero-order chi connectivity index (χ0) is 27.8. The predicted molar refractivity (Wildman–Crippen MR) is 150 cm³/mol. The standard InChI is InChI=1S/C28H26Cl2F2N6O/c1-3-15-6-5-7-16(4-2)25(15)38-26(18-11-22(32)24(12-21(18)31)35-28(33)39)19-14-37(9-8-23(19)36-38)27-20(30)10-17(29)13-34-27/h5-7,10-13H,3-4,8-9,14H2,1-2H3,(H3,33,35,39). The van der Waals surface area contributed by atoms with Crippen molar-refractivity contribution in [2.24, 2.45) is 5.73 Å². The van der Waals surface area contributed by atoms with Crippen molar-refractivity contribution >= 4 is 40.7 Å². The Hall–Kier alpha value is -3.69. The van der Waals surface area contributed by atoms with Crippen molar-refractivity contribution in [3.05, 3.63) is 86.7 Å². The van der Waals surface area contributed by atoms with Crippen LogP contribution in [0, 0.1) is 11.6 Å². The van der Waals surface area contributed by atoms with Crippen LogP contribution < -0.4 is 16.0 Å². The van der Waals surface area contributed by atoms with E-state index >= 15 is 8.78 Å². The first-order chi connectivity index (χ1) is 18.7. The molecule has 0 spiro atoms. The van der Waals surface area contributed by atoms with Crippen molar-refractivity contribution in [1.82, 2.24) is 14.8 Å². The Labute approximate surface area is 234 Å². The van der Waals surface area contributed by atoms with Crippen LogP contribution in [0.4, 0.5) is 25.1 Å². The van der Waals surface area contributed by atoms with Crippen molar-refractivity contribution in [2.75, 3.05) is 16.8 Å². The van der Waals surface area contributed by atoms with Gasteiger partial charge in [0.05, 0.1) is 32.8 Å². The van der Waals surface area contributed by atoms with Crippen LogP contribution in [0.15, 0.2) is 42.6 Å². The number of urea groups is 1. The third-order valence-electron chi connectivity index (χ3n) is 6.87. The van der Waals surface area contributed by atoms with Crippen molar-refractivity contribution in [3.63, 3.8) is 0 Å². The van der Waals surface area contributed by atoms with Crippen LogP contribution in [0.1, 0.15) is 36.2 Å². The van der Waals surface area contributed by atoms with Crippen LogP contribution in [-0.4, -0.2) is 27.3 Å². The molecule has 0 unspecified atom stereocenters. The van der Waals surface area contributed by atoms with Gasteiger partial charge in [-0.05, 0) is 36.1 Å². The molecule has 4 aromatic rings. The van der Waals surface area contributed by atoms with Crippen LogP contribution in [0.5, 0.6) is 0 Å². The highest BCUT2D eigenvalue weighted by Gasteiger charge is 2.31. The van der Waals surface area contributed by atoms with Crippen molar-refractivity contribution in [1.29, 1.82) is 0 Å². The predicted octanol–water partition coefficient (Wildman–Crippen LogP) is 6.70. The van der Waals surface area contributed by atoms with Gasteiger partial charge in [-0.2, -0.15) is 5.10 Å². The van der Waals surface area contributed by atoms with Gasteiger partial charge in [0.2, 0.25) is 0 Å². The number of carbonyl (C=O) groups excluding carboxylic acids is 1. The molecule has 5 rings (SSSR count). The minimum atomic E-state index is -0.990. The molecule has 39 heavy (non-hydrogen) atoms. The molecule has 7 nitrogen and oxygen atoms in total. The van der Waals surface area contributed by atoms with Gasteiger partial charge in [-0.1, -0.05) is 55.2 Å². The Bertz CT molecular complexity index is 1570. The summed E-state index contributed by atoms with van der Waals surface area (Å²) in [6.07, 6.45) is 3.51. The first kappa shape index (κ1) is 26.9. The van der Waals surface area contributed by atoms with Gasteiger partial charge in [-0.25, -0.2) is 23.2 Å². The normalized spacial score (nSPS) is 12.9. The summed E-state index contributed by atoms with van der Waals surface area (Å²) < 4.78 is 32.6. The molecule has 0 fully saturated rings. The van der Waals surface area contributed by atoms with E-state index in [-0.39, 0.29) is 11.3 Å². The minimum absolute atomic E-state index is 0.0150. The number of hydrogen-bond acceptors (Lipinski definition) is 4. The Balaban J connectivity index is 1.75. The number of anilines is 2. The fraction of sp³-hybridized carbons (Fsp3) is 0.250. The lowest BCUT2D eigenvalue weighted by Crippen LogP contribution is -2.31. The molecule has 202 valence electrons. The lowest BCUT2D eigenvalue weighted by molar-refractivity contribution is 0.259. The second kappa shape index (κ2) is 10.8. The number of fused-ring (bicyclic) bond motifs is 1. The maximum Gasteiger partial charge on any atom is 0.316 e. The van der Waals surface area contributed by atoms with Crippen LogP contribution >= 0.6 is 23.2 Å². The number of aromatic nitrogens is 3. The largest absolute Gasteiger partial charge is 0.351 e. The molecule has 2 amide bonds. The Kier molecular flexibility index (Phi) is 7.46. The number of benzene rings is 2. The van der Waals surface area contributed by atoms with Gasteiger partial charge >= 0.3 is 6.03 Å². The van der Waals surface area contributed by atoms with E-state index in [0.717, 1.165) is 53.0 Å². The molecule has 1 aliphatic heterocycles. The number of nitrogens with two attached hydrogens (primary N) is 1. The van der Waals surface area contributed by atoms with Gasteiger partial charge in [0, 0.05) is 42.9 Å². The van der Waals surface area contributed by atoms with E-state index in [0.29, 0.717) is 41.1 Å². The molecular formula is C28H26Cl2F2N6O. The van der Waals surface area contributed by atoms with Crippen LogP contribution in [0.25, 0.3) is 16.9 Å². The Morgan fingerprint density at radius 1 is 1.10 bits per heavy atom. The average Bonchev–Trinajstić information content (AvgIpc) is 3.27. The molecule has 3 heterocycles. The van der Waals surface area contributed by atoms with Crippen molar-refractivity contribution in [3.8, 4) is 16.9 Å². The number of amides is 2. The van der Waals surface area contributed by atoms with E-state index in [2.05, 4.69) is 10.3 Å². The summed E-state index contributed by atoms with van der Waals surface area (Å²) in [4.78, 5) is 17.7. The second-order valence-corrected chi connectivity index (χ2v) is 10.1. The average molecular weight is 571 g/mol. The molecular weight excluding hydrogens is 545 g/mol. The number of carbonyl (C=O) groups is 1. The fourth-order valence-corrected chi connectivity index (χ4v) is 5.58. The number of aryl methyl sites for hydroxylation is 2. The highest BCUT2D eigenvalue weighted by Crippen LogP contribution is 2.39. The van der Waals surface area contributed by atoms with Crippen LogP contribution in [0.2, 0.25) is 10.0 Å². The van der Waals surface area contributed by atoms with E-state index in [4.69, 9.17) is 34.0 Å². The zero-order valence-corrected chi connectivity index (χ0v) is 22.9. The van der Waals surface area contributed by atoms with Gasteiger partial charge in [-0.15, -0.1) is 0 Å². The number of halogens is 4. The van der Waals surface area contributed by atoms with Gasteiger partial charge < -0.3 is 16.0 Å². The third kappa shape index (κ3) is 5.04. The van der Waals surface area contributed by atoms with Crippen molar-refractivity contribution < 1.29 is 13.6 Å². The maximum atomic E-state index is 15.7. The van der Waals surface area contributed by atoms with Crippen LogP contribution in [0.3, 0.4) is 0 Å². The zero-order valence-electron chi connectivity index (χ0n) is 21.4. The minimum Gasteiger partial charge on any atom is -0.351 e. The van der Waals surface area contributed by atoms with Gasteiger partial charge in [0.25, 0.3) is 0 Å². The highest BCUT2D eigenvalue weighted by atomic mass is 35.5. The number of rotatable bonds is 6. The summed E-state index contributed by atoms with van der Waals surface area (Å²) in [5, 5.41) is 7.90. The molecule has 0 atom stereocenters. The van der Waals surface area contributed by atoms with E-state index in [1.807, 2.05) is 36.9 Å². The highest BCUT2D eigenvalue weighted by molar-refractivity contribution is 6.36. The van der Waals surface area contributed by atoms with Gasteiger partial charge in [0.1, 0.15) is 17.5 Å². The third-order valence-corrected chi connectivity index (χ3v) is 7.35. The van der Waals surface area contributed by atoms with E-state index in [9.17, 15) is 4.79 Å². The van der Waals surface area contributed by atoms with Crippen molar-refractivity contribution in [2.45, 2.75) is 39.7 Å². The summed E-state index contributed by atoms with van der Waals surface area (Å²) in [5.41, 5.74) is 9.66. The Morgan fingerprint density at radius 2 is 1.82 bits per heavy atom. The molecule has 2 aromatic heterocycles. The molecule has 0 aliphatic carbocycles. The van der Waals surface area contributed by atoms with Crippen LogP contribution in [-0.2, 0) is 25.8 Å². The number of pyridine rings is 1. The first-order valence-electron chi connectivity index (χ1n) is 12.6. The topological polar surface area (TPSA) is 89.1 Å². The monoisotopic (exact) mass is 570 g/mol. The van der Waals surface area contributed by atoms with E-state index in [1.54, 1.807) is 10.7 Å². The summed E-state index contributed by atoms with van der Waals surface area (Å²) in [5.74, 6) is -1.00. The molecule has 0 saturated heterocycles. The van der Waals surface area contributed by atoms with E-state index < -0.39 is 17.7 Å². The smallest absolute Gasteiger partial charge is 0.316 e. The number of para-hydroxylation sites is 1. The number of primary amides is 1. The number of hydrogen-bond donors (Lipinski definition) is 2. The molecule has 0 saturated carbocycles. The fourth-order valence-electron chi connectivity index (χ4n) is 5.08. The summed E-state index contributed by atoms with van der Waals surface area (Å²) >= 11 is 12.5. The molecule has 11 heteroatoms. The molecule has 2 aromatic carbocycles. The van der Waals surface area contributed by atoms with Gasteiger partial charge in [0.15, 0.2) is 0 Å². The molecule has 3 N–H and O–H groups in total. The first-order valence-corrected chi connectivity index (χ1v) is 13.3. The summed E-state index contributed by atoms with van der Waals surface area (Å²) in [6.45, 7) is 4.98. The number of nitrogens with zero attached hydrogens (tertiary/aromatic N) is 4. The summed E-state index contributed by atoms with van der Waals surface area (Å²) in [6, 6.07) is 8.65. The molecule has 0 radical (unpaired) electrons. The SMILES string of the molecule is CCc1cccc(CC)c1-n1nc2c(c1-c1cc(F)c(NC(N)=O)cc1F)CN(c1ncc(Cl)cc1Cl)CC2. The lowest BCUT2D eigenvalue weighted by Gasteiger charge is -2.28. The molecule has 0 bridgehead atoms. The van der Waals surface area contributed by atoms with E-state index in [1.165, 1.54) is 6.20 Å². The molecule has 1 aliphatic rings. The maximum absolute atomic E-state index is 15.7. The second-order valence-electron chi connectivity index (χ2n) is 9.25.